The molecule has 144 valence electrons. The van der Waals surface area contributed by atoms with E-state index in [-0.39, 0.29) is 11.9 Å². The Morgan fingerprint density at radius 3 is 2.57 bits per heavy atom. The summed E-state index contributed by atoms with van der Waals surface area (Å²) in [6, 6.07) is 14.5. The largest absolute Gasteiger partial charge is 0.465 e. The molecule has 0 aliphatic rings. The molecule has 0 saturated heterocycles. The number of benzene rings is 2. The third-order valence-corrected chi connectivity index (χ3v) is 5.93. The number of carbonyl (C=O) groups excluding carboxylic acids is 2. The highest BCUT2D eigenvalue weighted by Gasteiger charge is 2.12. The van der Waals surface area contributed by atoms with Crippen LogP contribution in [0.4, 0.5) is 0 Å². The number of thioether (sulfide) groups is 1. The van der Waals surface area contributed by atoms with Gasteiger partial charge in [0.2, 0.25) is 0 Å². The Kier molecular flexibility index (Phi) is 6.84. The van der Waals surface area contributed by atoms with E-state index in [0.717, 1.165) is 26.9 Å². The van der Waals surface area contributed by atoms with Crippen LogP contribution in [0.25, 0.3) is 0 Å². The SMILES string of the molecule is COC(=O)c1ccc(CNC(=O)c2ccccc2SCc2csc(C)n2)cc1. The van der Waals surface area contributed by atoms with Crippen molar-refractivity contribution in [2.45, 2.75) is 24.1 Å². The van der Waals surface area contributed by atoms with Crippen molar-refractivity contribution in [3.05, 3.63) is 81.3 Å². The van der Waals surface area contributed by atoms with Gasteiger partial charge in [0.15, 0.2) is 0 Å². The van der Waals surface area contributed by atoms with Crippen molar-refractivity contribution in [1.29, 1.82) is 0 Å². The van der Waals surface area contributed by atoms with E-state index in [1.54, 1.807) is 47.4 Å². The maximum absolute atomic E-state index is 12.7. The molecule has 0 bridgehead atoms. The Morgan fingerprint density at radius 2 is 1.89 bits per heavy atom. The van der Waals surface area contributed by atoms with E-state index in [1.165, 1.54) is 7.11 Å². The van der Waals surface area contributed by atoms with E-state index >= 15 is 0 Å². The lowest BCUT2D eigenvalue weighted by Gasteiger charge is -2.10. The van der Waals surface area contributed by atoms with Gasteiger partial charge < -0.3 is 10.1 Å². The van der Waals surface area contributed by atoms with Crippen LogP contribution in [-0.4, -0.2) is 24.0 Å². The van der Waals surface area contributed by atoms with Gasteiger partial charge in [-0.25, -0.2) is 9.78 Å². The summed E-state index contributed by atoms with van der Waals surface area (Å²) >= 11 is 3.23. The summed E-state index contributed by atoms with van der Waals surface area (Å²) in [6.45, 7) is 2.36. The Morgan fingerprint density at radius 1 is 1.14 bits per heavy atom. The first-order chi connectivity index (χ1) is 13.6. The number of nitrogens with zero attached hydrogens (tertiary/aromatic N) is 1. The molecule has 1 amide bonds. The summed E-state index contributed by atoms with van der Waals surface area (Å²) in [6.07, 6.45) is 0. The molecule has 0 saturated carbocycles. The zero-order valence-electron chi connectivity index (χ0n) is 15.6. The smallest absolute Gasteiger partial charge is 0.337 e. The lowest BCUT2D eigenvalue weighted by molar-refractivity contribution is 0.0600. The minimum Gasteiger partial charge on any atom is -0.465 e. The summed E-state index contributed by atoms with van der Waals surface area (Å²) in [4.78, 5) is 29.5. The number of methoxy groups -OCH3 is 1. The molecule has 0 unspecified atom stereocenters. The number of rotatable bonds is 7. The number of ether oxygens (including phenoxy) is 1. The van der Waals surface area contributed by atoms with Crippen LogP contribution in [0.3, 0.4) is 0 Å². The number of thiazole rings is 1. The van der Waals surface area contributed by atoms with Crippen molar-refractivity contribution in [3.63, 3.8) is 0 Å². The molecule has 1 aromatic heterocycles. The Bertz CT molecular complexity index is 968. The fourth-order valence-corrected chi connectivity index (χ4v) is 4.22. The zero-order chi connectivity index (χ0) is 19.9. The van der Waals surface area contributed by atoms with Gasteiger partial charge >= 0.3 is 5.97 Å². The van der Waals surface area contributed by atoms with Crippen LogP contribution in [0.5, 0.6) is 0 Å². The third kappa shape index (κ3) is 5.21. The molecule has 1 heterocycles. The standard InChI is InChI=1S/C21H20N2O3S2/c1-14-23-17(12-27-14)13-28-19-6-4-3-5-18(19)20(24)22-11-15-7-9-16(10-8-15)21(25)26-2/h3-10,12H,11,13H2,1-2H3,(H,22,24). The molecule has 0 atom stereocenters. The molecular formula is C21H20N2O3S2. The van der Waals surface area contributed by atoms with E-state index in [1.807, 2.05) is 36.6 Å². The number of nitrogens with one attached hydrogen (secondary N) is 1. The first-order valence-electron chi connectivity index (χ1n) is 8.65. The molecule has 0 radical (unpaired) electrons. The quantitative estimate of drug-likeness (QED) is 0.458. The molecule has 0 fully saturated rings. The maximum atomic E-state index is 12.7. The maximum Gasteiger partial charge on any atom is 0.337 e. The molecule has 28 heavy (non-hydrogen) atoms. The van der Waals surface area contributed by atoms with Gasteiger partial charge in [0.25, 0.3) is 5.91 Å². The van der Waals surface area contributed by atoms with Crippen molar-refractivity contribution in [3.8, 4) is 0 Å². The molecule has 1 N–H and O–H groups in total. The highest BCUT2D eigenvalue weighted by atomic mass is 32.2. The number of hydrogen-bond acceptors (Lipinski definition) is 6. The summed E-state index contributed by atoms with van der Waals surface area (Å²) < 4.78 is 4.69. The van der Waals surface area contributed by atoms with Gasteiger partial charge in [-0.3, -0.25) is 4.79 Å². The number of aryl methyl sites for hydroxylation is 1. The zero-order valence-corrected chi connectivity index (χ0v) is 17.2. The molecule has 5 nitrogen and oxygen atoms in total. The topological polar surface area (TPSA) is 68.3 Å². The lowest BCUT2D eigenvalue weighted by Crippen LogP contribution is -2.23. The van der Waals surface area contributed by atoms with Crippen LogP contribution in [0.1, 0.15) is 37.0 Å². The first kappa shape index (κ1) is 20.1. The van der Waals surface area contributed by atoms with Crippen molar-refractivity contribution in [2.75, 3.05) is 7.11 Å². The normalized spacial score (nSPS) is 10.5. The highest BCUT2D eigenvalue weighted by molar-refractivity contribution is 7.98. The van der Waals surface area contributed by atoms with E-state index in [4.69, 9.17) is 0 Å². The summed E-state index contributed by atoms with van der Waals surface area (Å²) in [5.41, 5.74) is 3.06. The summed E-state index contributed by atoms with van der Waals surface area (Å²) in [5.74, 6) is 0.218. The van der Waals surface area contributed by atoms with Gasteiger partial charge in [0.1, 0.15) is 0 Å². The van der Waals surface area contributed by atoms with Gasteiger partial charge in [-0.05, 0) is 36.8 Å². The Balaban J connectivity index is 1.61. The Hall–Kier alpha value is -2.64. The minimum atomic E-state index is -0.378. The van der Waals surface area contributed by atoms with E-state index in [9.17, 15) is 9.59 Å². The average Bonchev–Trinajstić information content (AvgIpc) is 3.15. The number of esters is 1. The average molecular weight is 413 g/mol. The van der Waals surface area contributed by atoms with Gasteiger partial charge in [-0.1, -0.05) is 24.3 Å². The fourth-order valence-electron chi connectivity index (χ4n) is 2.56. The molecule has 0 spiro atoms. The molecule has 7 heteroatoms. The Labute approximate surface area is 172 Å². The van der Waals surface area contributed by atoms with Crippen LogP contribution in [0.2, 0.25) is 0 Å². The second-order valence-electron chi connectivity index (χ2n) is 6.01. The first-order valence-corrected chi connectivity index (χ1v) is 10.5. The van der Waals surface area contributed by atoms with Crippen molar-refractivity contribution >= 4 is 35.0 Å². The molecular weight excluding hydrogens is 392 g/mol. The highest BCUT2D eigenvalue weighted by Crippen LogP contribution is 2.27. The van der Waals surface area contributed by atoms with E-state index in [0.29, 0.717) is 17.7 Å². The minimum absolute atomic E-state index is 0.130. The van der Waals surface area contributed by atoms with Gasteiger partial charge in [0, 0.05) is 22.6 Å². The summed E-state index contributed by atoms with van der Waals surface area (Å²) in [5, 5.41) is 6.02. The van der Waals surface area contributed by atoms with Crippen LogP contribution in [0.15, 0.2) is 58.8 Å². The van der Waals surface area contributed by atoms with Crippen LogP contribution in [-0.2, 0) is 17.0 Å². The lowest BCUT2D eigenvalue weighted by atomic mass is 10.1. The van der Waals surface area contributed by atoms with E-state index < -0.39 is 0 Å². The van der Waals surface area contributed by atoms with Crippen LogP contribution in [0, 0.1) is 6.92 Å². The van der Waals surface area contributed by atoms with Crippen molar-refractivity contribution in [2.24, 2.45) is 0 Å². The molecule has 0 aliphatic heterocycles. The van der Waals surface area contributed by atoms with Crippen LogP contribution < -0.4 is 5.32 Å². The second-order valence-corrected chi connectivity index (χ2v) is 8.09. The van der Waals surface area contributed by atoms with Gasteiger partial charge in [-0.2, -0.15) is 0 Å². The number of aromatic nitrogens is 1. The van der Waals surface area contributed by atoms with Gasteiger partial charge in [-0.15, -0.1) is 23.1 Å². The van der Waals surface area contributed by atoms with Crippen molar-refractivity contribution in [1.82, 2.24) is 10.3 Å². The van der Waals surface area contributed by atoms with Crippen LogP contribution >= 0.6 is 23.1 Å². The molecule has 3 aromatic rings. The van der Waals surface area contributed by atoms with E-state index in [2.05, 4.69) is 15.0 Å². The fraction of sp³-hybridized carbons (Fsp3) is 0.190. The molecule has 3 rings (SSSR count). The second kappa shape index (κ2) is 9.52. The molecule has 0 aliphatic carbocycles. The third-order valence-electron chi connectivity index (χ3n) is 4.00. The number of carbonyl (C=O) groups is 2. The number of hydrogen-bond donors (Lipinski definition) is 1. The summed E-state index contributed by atoms with van der Waals surface area (Å²) in [7, 11) is 1.35. The predicted octanol–water partition coefficient (Wildman–Crippen LogP) is 4.46. The van der Waals surface area contributed by atoms with Crippen molar-refractivity contribution < 1.29 is 14.3 Å². The predicted molar refractivity (Wildman–Crippen MR) is 112 cm³/mol. The monoisotopic (exact) mass is 412 g/mol. The van der Waals surface area contributed by atoms with Gasteiger partial charge in [0.05, 0.1) is 28.9 Å². The number of amides is 1. The molecule has 2 aromatic carbocycles.